The largest absolute Gasteiger partial charge is 0.480 e. The second kappa shape index (κ2) is 4.73. The van der Waals surface area contributed by atoms with Crippen molar-refractivity contribution in [1.82, 2.24) is 5.32 Å². The lowest BCUT2D eigenvalue weighted by atomic mass is 9.93. The Labute approximate surface area is 92.1 Å². The summed E-state index contributed by atoms with van der Waals surface area (Å²) >= 11 is 0. The van der Waals surface area contributed by atoms with Gasteiger partial charge in [0, 0.05) is 6.42 Å². The zero-order chi connectivity index (χ0) is 11.5. The molecule has 1 rings (SSSR count). The Morgan fingerprint density at radius 1 is 1.53 bits per heavy atom. The maximum atomic E-state index is 11.1. The maximum absolute atomic E-state index is 11.1. The quantitative estimate of drug-likeness (QED) is 0.745. The van der Waals surface area contributed by atoms with E-state index in [0.29, 0.717) is 6.42 Å². The Balaban J connectivity index is 2.94. The third kappa shape index (κ3) is 2.77. The fraction of sp³-hybridized carbons (Fsp3) is 0.364. The zero-order valence-electron chi connectivity index (χ0n) is 8.95. The van der Waals surface area contributed by atoms with Gasteiger partial charge in [0.25, 0.3) is 0 Å². The number of carboxylic acid groups (broad SMARTS) is 1. The van der Waals surface area contributed by atoms with E-state index in [1.165, 1.54) is 0 Å². The van der Waals surface area contributed by atoms with Gasteiger partial charge in [-0.2, -0.15) is 0 Å². The summed E-state index contributed by atoms with van der Waals surface area (Å²) in [6.07, 6.45) is 0.471. The van der Waals surface area contributed by atoms with Crippen LogP contribution in [0.2, 0.25) is 0 Å². The molecule has 82 valence electrons. The molecule has 0 aliphatic rings. The molecule has 1 aromatic rings. The normalized spacial score (nSPS) is 14.6. The Kier molecular flexibility index (Phi) is 3.83. The highest BCUT2D eigenvalue weighted by atomic mass is 31.0. The molecule has 0 fully saturated rings. The first-order valence-electron chi connectivity index (χ1n) is 4.75. The third-order valence-corrected chi connectivity index (χ3v) is 3.19. The number of carboxylic acids is 1. The van der Waals surface area contributed by atoms with Gasteiger partial charge in [0.2, 0.25) is 0 Å². The van der Waals surface area contributed by atoms with Crippen LogP contribution in [0.15, 0.2) is 24.3 Å². The fourth-order valence-electron chi connectivity index (χ4n) is 1.35. The van der Waals surface area contributed by atoms with E-state index in [-0.39, 0.29) is 0 Å². The summed E-state index contributed by atoms with van der Waals surface area (Å²) in [5, 5.41) is 13.0. The highest BCUT2D eigenvalue weighted by Crippen LogP contribution is 2.13. The molecule has 0 spiro atoms. The van der Waals surface area contributed by atoms with Crippen LogP contribution in [0, 0.1) is 0 Å². The molecule has 0 amide bonds. The summed E-state index contributed by atoms with van der Waals surface area (Å²) in [4.78, 5) is 11.1. The number of hydrogen-bond acceptors (Lipinski definition) is 2. The van der Waals surface area contributed by atoms with Crippen LogP contribution in [0.25, 0.3) is 0 Å². The van der Waals surface area contributed by atoms with Crippen LogP contribution in [0.3, 0.4) is 0 Å². The van der Waals surface area contributed by atoms with Gasteiger partial charge in [-0.15, -0.1) is 9.24 Å². The van der Waals surface area contributed by atoms with Crippen LogP contribution >= 0.6 is 9.24 Å². The molecule has 3 nitrogen and oxygen atoms in total. The van der Waals surface area contributed by atoms with Crippen molar-refractivity contribution in [3.05, 3.63) is 29.8 Å². The van der Waals surface area contributed by atoms with Crippen molar-refractivity contribution in [2.24, 2.45) is 0 Å². The summed E-state index contributed by atoms with van der Waals surface area (Å²) in [5.41, 5.74) is 0.119. The van der Waals surface area contributed by atoms with Gasteiger partial charge in [-0.25, -0.2) is 0 Å². The SMILES string of the molecule is CN[C@@](C)(Cc1ccccc1P)C(=O)O. The smallest absolute Gasteiger partial charge is 0.323 e. The molecule has 1 unspecified atom stereocenters. The van der Waals surface area contributed by atoms with Gasteiger partial charge in [0.15, 0.2) is 0 Å². The Morgan fingerprint density at radius 2 is 2.13 bits per heavy atom. The lowest BCUT2D eigenvalue weighted by Crippen LogP contribution is -2.49. The van der Waals surface area contributed by atoms with E-state index in [9.17, 15) is 4.79 Å². The number of carbonyl (C=O) groups is 1. The molecular formula is C11H16NO2P. The standard InChI is InChI=1S/C11H16NO2P/c1-11(12-2,10(13)14)7-8-5-3-4-6-9(8)15/h3-6,12H,7,15H2,1-2H3,(H,13,14)/t11-/m0/s1. The lowest BCUT2D eigenvalue weighted by Gasteiger charge is -2.24. The molecule has 0 saturated carbocycles. The Hall–Kier alpha value is -0.920. The van der Waals surface area contributed by atoms with Crippen molar-refractivity contribution in [1.29, 1.82) is 0 Å². The molecule has 0 bridgehead atoms. The first-order chi connectivity index (χ1) is 6.99. The van der Waals surface area contributed by atoms with E-state index in [0.717, 1.165) is 10.9 Å². The predicted octanol–water partition coefficient (Wildman–Crippen LogP) is 0.792. The number of aliphatic carboxylic acids is 1. The molecule has 2 N–H and O–H groups in total. The molecule has 15 heavy (non-hydrogen) atoms. The molecule has 1 aromatic carbocycles. The first-order valence-corrected chi connectivity index (χ1v) is 5.33. The van der Waals surface area contributed by atoms with E-state index >= 15 is 0 Å². The van der Waals surface area contributed by atoms with E-state index in [4.69, 9.17) is 5.11 Å². The van der Waals surface area contributed by atoms with Crippen LogP contribution in [0.1, 0.15) is 12.5 Å². The van der Waals surface area contributed by atoms with Crippen LogP contribution < -0.4 is 10.6 Å². The van der Waals surface area contributed by atoms with Crippen molar-refractivity contribution >= 4 is 20.5 Å². The highest BCUT2D eigenvalue weighted by molar-refractivity contribution is 7.27. The second-order valence-electron chi connectivity index (χ2n) is 3.76. The lowest BCUT2D eigenvalue weighted by molar-refractivity contribution is -0.143. The molecule has 0 radical (unpaired) electrons. The van der Waals surface area contributed by atoms with Crippen molar-refractivity contribution < 1.29 is 9.90 Å². The Bertz CT molecular complexity index is 367. The van der Waals surface area contributed by atoms with E-state index in [2.05, 4.69) is 14.6 Å². The average Bonchev–Trinajstić information content (AvgIpc) is 2.21. The van der Waals surface area contributed by atoms with Crippen LogP contribution in [-0.4, -0.2) is 23.7 Å². The van der Waals surface area contributed by atoms with Gasteiger partial charge < -0.3 is 10.4 Å². The summed E-state index contributed by atoms with van der Waals surface area (Å²) in [7, 11) is 4.29. The third-order valence-electron chi connectivity index (χ3n) is 2.62. The minimum atomic E-state index is -0.910. The summed E-state index contributed by atoms with van der Waals surface area (Å²) < 4.78 is 0. The van der Waals surface area contributed by atoms with E-state index in [1.807, 2.05) is 24.3 Å². The Morgan fingerprint density at radius 3 is 2.60 bits per heavy atom. The monoisotopic (exact) mass is 225 g/mol. The van der Waals surface area contributed by atoms with Gasteiger partial charge in [0.1, 0.15) is 5.54 Å². The predicted molar refractivity (Wildman–Crippen MR) is 64.6 cm³/mol. The minimum absolute atomic E-state index is 0.471. The first kappa shape index (κ1) is 12.2. The van der Waals surface area contributed by atoms with Gasteiger partial charge >= 0.3 is 5.97 Å². The van der Waals surface area contributed by atoms with Gasteiger partial charge in [-0.05, 0) is 24.8 Å². The molecule has 0 aliphatic carbocycles. The maximum Gasteiger partial charge on any atom is 0.323 e. The number of nitrogens with one attached hydrogen (secondary N) is 1. The van der Waals surface area contributed by atoms with Crippen molar-refractivity contribution in [3.8, 4) is 0 Å². The second-order valence-corrected chi connectivity index (χ2v) is 4.38. The minimum Gasteiger partial charge on any atom is -0.480 e. The van der Waals surface area contributed by atoms with E-state index < -0.39 is 11.5 Å². The van der Waals surface area contributed by atoms with Crippen LogP contribution in [0.5, 0.6) is 0 Å². The average molecular weight is 225 g/mol. The summed E-state index contributed by atoms with van der Waals surface area (Å²) in [5.74, 6) is -0.835. The molecule has 0 heterocycles. The van der Waals surface area contributed by atoms with Crippen molar-refractivity contribution in [3.63, 3.8) is 0 Å². The van der Waals surface area contributed by atoms with Gasteiger partial charge in [-0.3, -0.25) is 4.79 Å². The molecule has 2 atom stereocenters. The highest BCUT2D eigenvalue weighted by Gasteiger charge is 2.31. The summed E-state index contributed by atoms with van der Waals surface area (Å²) in [6.45, 7) is 1.69. The fourth-order valence-corrected chi connectivity index (χ4v) is 1.66. The number of likely N-dealkylation sites (N-methyl/N-ethyl adjacent to an activating group) is 1. The summed E-state index contributed by atoms with van der Waals surface area (Å²) in [6, 6.07) is 7.75. The van der Waals surface area contributed by atoms with E-state index in [1.54, 1.807) is 14.0 Å². The zero-order valence-corrected chi connectivity index (χ0v) is 10.1. The van der Waals surface area contributed by atoms with Crippen molar-refractivity contribution in [2.75, 3.05) is 7.05 Å². The number of rotatable bonds is 4. The molecule has 0 aromatic heterocycles. The van der Waals surface area contributed by atoms with Gasteiger partial charge in [-0.1, -0.05) is 24.3 Å². The molecule has 4 heteroatoms. The van der Waals surface area contributed by atoms with Crippen molar-refractivity contribution in [2.45, 2.75) is 18.9 Å². The number of benzene rings is 1. The van der Waals surface area contributed by atoms with Crippen LogP contribution in [0.4, 0.5) is 0 Å². The van der Waals surface area contributed by atoms with Crippen LogP contribution in [-0.2, 0) is 11.2 Å². The molecular weight excluding hydrogens is 209 g/mol. The topological polar surface area (TPSA) is 49.3 Å². The number of hydrogen-bond donors (Lipinski definition) is 2. The van der Waals surface area contributed by atoms with Gasteiger partial charge in [0.05, 0.1) is 0 Å². The molecule has 0 saturated heterocycles. The molecule has 0 aliphatic heterocycles.